The minimum absolute atomic E-state index is 0.172. The maximum absolute atomic E-state index is 13.1. The molecule has 40 heavy (non-hydrogen) atoms. The molecule has 2 fully saturated rings. The number of fused-ring (bicyclic) bond motifs is 2. The van der Waals surface area contributed by atoms with Crippen LogP contribution >= 0.6 is 0 Å². The molecule has 2 heterocycles. The number of benzene rings is 3. The van der Waals surface area contributed by atoms with Crippen molar-refractivity contribution in [2.24, 2.45) is 5.18 Å². The highest BCUT2D eigenvalue weighted by Crippen LogP contribution is 2.37. The van der Waals surface area contributed by atoms with Crippen LogP contribution in [0.15, 0.2) is 90.1 Å². The van der Waals surface area contributed by atoms with Crippen LogP contribution in [0.1, 0.15) is 63.9 Å². The molecule has 0 N–H and O–H groups in total. The fourth-order valence-electron chi connectivity index (χ4n) is 6.99. The third-order valence-corrected chi connectivity index (χ3v) is 8.96. The molecule has 0 spiro atoms. The van der Waals surface area contributed by atoms with Gasteiger partial charge >= 0.3 is 0 Å². The summed E-state index contributed by atoms with van der Waals surface area (Å²) < 4.78 is 0. The zero-order chi connectivity index (χ0) is 27.5. The van der Waals surface area contributed by atoms with Gasteiger partial charge < -0.3 is 0 Å². The van der Waals surface area contributed by atoms with E-state index >= 15 is 0 Å². The summed E-state index contributed by atoms with van der Waals surface area (Å²) in [6.45, 7) is 2.66. The highest BCUT2D eigenvalue weighted by molar-refractivity contribution is 6.21. The maximum Gasteiger partial charge on any atom is 0.261 e. The first-order valence-corrected chi connectivity index (χ1v) is 14.4. The van der Waals surface area contributed by atoms with E-state index in [4.69, 9.17) is 0 Å². The summed E-state index contributed by atoms with van der Waals surface area (Å²) in [6, 6.07) is 28.4. The van der Waals surface area contributed by atoms with Crippen molar-refractivity contribution in [1.82, 2.24) is 14.7 Å². The lowest BCUT2D eigenvalue weighted by Gasteiger charge is -2.42. The summed E-state index contributed by atoms with van der Waals surface area (Å²) in [4.78, 5) is 45.4. The van der Waals surface area contributed by atoms with Crippen molar-refractivity contribution in [2.45, 2.75) is 62.8 Å². The van der Waals surface area contributed by atoms with E-state index in [0.717, 1.165) is 25.9 Å². The summed E-state index contributed by atoms with van der Waals surface area (Å²) in [7, 11) is 0. The zero-order valence-electron chi connectivity index (χ0n) is 22.8. The first kappa shape index (κ1) is 26.5. The molecule has 3 aliphatic rings. The van der Waals surface area contributed by atoms with Gasteiger partial charge in [-0.2, -0.15) is 4.91 Å². The van der Waals surface area contributed by atoms with Crippen LogP contribution in [-0.4, -0.2) is 63.8 Å². The van der Waals surface area contributed by atoms with Crippen molar-refractivity contribution in [3.63, 3.8) is 0 Å². The molecule has 0 radical (unpaired) electrons. The largest absolute Gasteiger partial charge is 0.292 e. The minimum Gasteiger partial charge on any atom is -0.292 e. The molecule has 0 unspecified atom stereocenters. The number of rotatable bonds is 8. The maximum atomic E-state index is 13.1. The van der Waals surface area contributed by atoms with E-state index in [0.29, 0.717) is 42.7 Å². The monoisotopic (exact) mass is 536 g/mol. The van der Waals surface area contributed by atoms with Crippen molar-refractivity contribution in [3.05, 3.63) is 112 Å². The summed E-state index contributed by atoms with van der Waals surface area (Å²) >= 11 is 0. The van der Waals surface area contributed by atoms with E-state index in [2.05, 4.69) is 63.5 Å². The molecule has 1 saturated carbocycles. The molecule has 2 amide bonds. The first-order chi connectivity index (χ1) is 19.6. The van der Waals surface area contributed by atoms with E-state index < -0.39 is 5.54 Å². The van der Waals surface area contributed by atoms with Gasteiger partial charge in [0.05, 0.1) is 11.1 Å². The average Bonchev–Trinajstić information content (AvgIpc) is 3.16. The zero-order valence-corrected chi connectivity index (χ0v) is 22.8. The number of nitroso groups, excluding NO2 is 1. The summed E-state index contributed by atoms with van der Waals surface area (Å²) in [5, 5.41) is 3.86. The molecule has 3 aromatic rings. The second-order valence-corrected chi connectivity index (χ2v) is 11.6. The van der Waals surface area contributed by atoms with Gasteiger partial charge in [0.25, 0.3) is 11.8 Å². The summed E-state index contributed by atoms with van der Waals surface area (Å²) in [5.74, 6) is -0.572. The van der Waals surface area contributed by atoms with Crippen molar-refractivity contribution >= 4 is 11.8 Å². The molecular formula is C33H36N4O3. The Morgan fingerprint density at radius 2 is 1.12 bits per heavy atom. The summed E-state index contributed by atoms with van der Waals surface area (Å²) in [6.07, 6.45) is 4.83. The van der Waals surface area contributed by atoms with E-state index in [1.165, 1.54) is 28.9 Å². The van der Waals surface area contributed by atoms with Gasteiger partial charge in [0.1, 0.15) is 5.54 Å². The number of nitrogens with zero attached hydrogens (tertiary/aromatic N) is 4. The Morgan fingerprint density at radius 1 is 0.675 bits per heavy atom. The van der Waals surface area contributed by atoms with Crippen molar-refractivity contribution in [2.75, 3.05) is 19.6 Å². The Hall–Kier alpha value is -3.68. The standard InChI is InChI=1S/C33H36N4O3/c38-31-27-15-7-8-16-28(27)32(39)37(31)20-19-33(34-40)23-35(21-25-11-3-1-4-12-25)29-17-9-10-18-30(29)36(24-33)22-26-13-5-2-6-14-26/h1-8,11-16,29-30H,9-10,17-24H2/t29-,30-/m1/s1. The number of carbonyl (C=O) groups excluding carboxylic acids is 2. The summed E-state index contributed by atoms with van der Waals surface area (Å²) in [5.41, 5.74) is 2.33. The Kier molecular flexibility index (Phi) is 7.59. The fraction of sp³-hybridized carbons (Fsp3) is 0.394. The number of hydrogen-bond acceptors (Lipinski definition) is 6. The average molecular weight is 537 g/mol. The van der Waals surface area contributed by atoms with Crippen molar-refractivity contribution in [3.8, 4) is 0 Å². The van der Waals surface area contributed by atoms with Gasteiger partial charge in [-0.1, -0.05) is 90.8 Å². The predicted molar refractivity (Wildman–Crippen MR) is 155 cm³/mol. The Morgan fingerprint density at radius 3 is 1.57 bits per heavy atom. The van der Waals surface area contributed by atoms with Crippen LogP contribution in [0.2, 0.25) is 0 Å². The van der Waals surface area contributed by atoms with Gasteiger partial charge in [0.15, 0.2) is 0 Å². The van der Waals surface area contributed by atoms with Crippen molar-refractivity contribution < 1.29 is 9.59 Å². The van der Waals surface area contributed by atoms with Crippen LogP contribution in [0.5, 0.6) is 0 Å². The Bertz CT molecular complexity index is 1270. The van der Waals surface area contributed by atoms with Crippen LogP contribution in [0.4, 0.5) is 0 Å². The second-order valence-electron chi connectivity index (χ2n) is 11.6. The number of amides is 2. The van der Waals surface area contributed by atoms with Crippen LogP contribution in [0.25, 0.3) is 0 Å². The number of imide groups is 1. The van der Waals surface area contributed by atoms with Crippen molar-refractivity contribution in [1.29, 1.82) is 0 Å². The van der Waals surface area contributed by atoms with Crippen LogP contribution in [-0.2, 0) is 13.1 Å². The number of hydrogen-bond donors (Lipinski definition) is 0. The topological polar surface area (TPSA) is 73.3 Å². The van der Waals surface area contributed by atoms with Crippen LogP contribution in [0, 0.1) is 4.91 Å². The van der Waals surface area contributed by atoms with Crippen LogP contribution < -0.4 is 0 Å². The van der Waals surface area contributed by atoms with Gasteiger partial charge in [-0.3, -0.25) is 24.3 Å². The van der Waals surface area contributed by atoms with E-state index in [1.54, 1.807) is 24.3 Å². The van der Waals surface area contributed by atoms with Gasteiger partial charge in [0.2, 0.25) is 0 Å². The third-order valence-electron chi connectivity index (χ3n) is 8.96. The Balaban J connectivity index is 1.32. The number of carbonyl (C=O) groups is 2. The molecule has 206 valence electrons. The van der Waals surface area contributed by atoms with Gasteiger partial charge in [-0.25, -0.2) is 0 Å². The quantitative estimate of drug-likeness (QED) is 0.281. The molecule has 7 heteroatoms. The highest BCUT2D eigenvalue weighted by Gasteiger charge is 2.47. The molecule has 1 aliphatic carbocycles. The molecule has 7 nitrogen and oxygen atoms in total. The lowest BCUT2D eigenvalue weighted by Crippen LogP contribution is -2.50. The predicted octanol–water partition coefficient (Wildman–Crippen LogP) is 5.51. The van der Waals surface area contributed by atoms with Gasteiger partial charge in [-0.05, 0) is 42.5 Å². The second kappa shape index (κ2) is 11.4. The van der Waals surface area contributed by atoms with Gasteiger partial charge in [0, 0.05) is 44.8 Å². The SMILES string of the molecule is O=NC1(CCN2C(=O)c3ccccc3C2=O)CN(Cc2ccccc2)[C@@H]2CCCC[C@H]2N(Cc2ccccc2)C1. The van der Waals surface area contributed by atoms with Crippen LogP contribution in [0.3, 0.4) is 0 Å². The smallest absolute Gasteiger partial charge is 0.261 e. The molecule has 2 atom stereocenters. The lowest BCUT2D eigenvalue weighted by atomic mass is 9.88. The van der Waals surface area contributed by atoms with E-state index in [-0.39, 0.29) is 18.4 Å². The van der Waals surface area contributed by atoms with E-state index in [9.17, 15) is 14.5 Å². The third kappa shape index (κ3) is 5.23. The molecule has 6 rings (SSSR count). The lowest BCUT2D eigenvalue weighted by molar-refractivity contribution is 0.0633. The molecule has 0 aromatic heterocycles. The normalized spacial score (nSPS) is 22.9. The fourth-order valence-corrected chi connectivity index (χ4v) is 6.99. The van der Waals surface area contributed by atoms with Gasteiger partial charge in [-0.15, -0.1) is 0 Å². The molecule has 3 aromatic carbocycles. The molecule has 2 aliphatic heterocycles. The molecular weight excluding hydrogens is 500 g/mol. The molecule has 1 saturated heterocycles. The minimum atomic E-state index is -0.962. The molecule has 0 bridgehead atoms. The Labute approximate surface area is 235 Å². The first-order valence-electron chi connectivity index (χ1n) is 14.4. The van der Waals surface area contributed by atoms with E-state index in [1.807, 2.05) is 12.1 Å². The highest BCUT2D eigenvalue weighted by atomic mass is 16.3.